The number of hydrogen-bond donors (Lipinski definition) is 3. The maximum Gasteiger partial charge on any atom is 0.269 e. The van der Waals surface area contributed by atoms with Gasteiger partial charge in [0.05, 0.1) is 17.6 Å². The van der Waals surface area contributed by atoms with Crippen LogP contribution in [-0.2, 0) is 16.1 Å². The van der Waals surface area contributed by atoms with Crippen molar-refractivity contribution in [2.45, 2.75) is 31.8 Å². The fourth-order valence-electron chi connectivity index (χ4n) is 6.74. The molecule has 2 aromatic carbocycles. The molecule has 2 aliphatic heterocycles. The predicted molar refractivity (Wildman–Crippen MR) is 197 cm³/mol. The molecule has 0 aliphatic carbocycles. The summed E-state index contributed by atoms with van der Waals surface area (Å²) in [5.41, 5.74) is 5.96. The molecule has 5 amide bonds. The van der Waals surface area contributed by atoms with Crippen molar-refractivity contribution in [3.63, 3.8) is 0 Å². The van der Waals surface area contributed by atoms with Crippen LogP contribution < -0.4 is 16.0 Å². The molecular weight excluding hydrogens is 686 g/mol. The van der Waals surface area contributed by atoms with Gasteiger partial charge in [-0.3, -0.25) is 39.3 Å². The number of benzene rings is 2. The summed E-state index contributed by atoms with van der Waals surface area (Å²) in [5.74, 6) is 4.52. The quantitative estimate of drug-likeness (QED) is 0.127. The van der Waals surface area contributed by atoms with Gasteiger partial charge in [0.25, 0.3) is 17.7 Å². The minimum atomic E-state index is -0.695. The van der Waals surface area contributed by atoms with Crippen LogP contribution in [0.2, 0.25) is 0 Å². The van der Waals surface area contributed by atoms with Crippen LogP contribution in [0.15, 0.2) is 85.5 Å². The first-order valence-electron chi connectivity index (χ1n) is 17.2. The van der Waals surface area contributed by atoms with E-state index in [1.165, 1.54) is 11.1 Å². The number of imide groups is 1. The average molecular weight is 718 g/mol. The Morgan fingerprint density at radius 2 is 1.80 bits per heavy atom. The highest BCUT2D eigenvalue weighted by atomic mass is 16.2. The summed E-state index contributed by atoms with van der Waals surface area (Å²) in [6.07, 6.45) is 7.48. The molecule has 8 rings (SSSR count). The summed E-state index contributed by atoms with van der Waals surface area (Å²) >= 11 is 0. The van der Waals surface area contributed by atoms with Crippen molar-refractivity contribution in [2.75, 3.05) is 13.6 Å². The minimum Gasteiger partial charge on any atom is -0.355 e. The lowest BCUT2D eigenvalue weighted by atomic mass is 10.0. The van der Waals surface area contributed by atoms with Gasteiger partial charge >= 0.3 is 0 Å². The van der Waals surface area contributed by atoms with Crippen molar-refractivity contribution >= 4 is 46.0 Å². The Kier molecular flexibility index (Phi) is 8.80. The van der Waals surface area contributed by atoms with Crippen molar-refractivity contribution in [2.24, 2.45) is 0 Å². The summed E-state index contributed by atoms with van der Waals surface area (Å²) in [5, 5.41) is 13.8. The van der Waals surface area contributed by atoms with Gasteiger partial charge in [-0.25, -0.2) is 9.50 Å². The van der Waals surface area contributed by atoms with Gasteiger partial charge in [-0.1, -0.05) is 36.1 Å². The number of aromatic nitrogens is 5. The second kappa shape index (κ2) is 14.0. The number of piperidine rings is 1. The zero-order valence-electron chi connectivity index (χ0n) is 28.9. The van der Waals surface area contributed by atoms with Crippen LogP contribution in [-0.4, -0.2) is 78.6 Å². The number of pyridine rings is 2. The molecule has 1 unspecified atom stereocenters. The van der Waals surface area contributed by atoms with E-state index in [1.807, 2.05) is 36.4 Å². The topological polar surface area (TPSA) is 181 Å². The first kappa shape index (κ1) is 33.9. The molecule has 2 aliphatic rings. The zero-order chi connectivity index (χ0) is 37.3. The van der Waals surface area contributed by atoms with E-state index in [9.17, 15) is 24.0 Å². The molecule has 6 aromatic rings. The van der Waals surface area contributed by atoms with Crippen LogP contribution in [0.25, 0.3) is 38.9 Å². The van der Waals surface area contributed by atoms with Crippen LogP contribution >= 0.6 is 0 Å². The van der Waals surface area contributed by atoms with Gasteiger partial charge in [0.2, 0.25) is 11.8 Å². The molecule has 0 radical (unpaired) electrons. The maximum absolute atomic E-state index is 13.1. The second-order valence-corrected chi connectivity index (χ2v) is 12.8. The fourth-order valence-corrected chi connectivity index (χ4v) is 6.74. The molecular formula is C40H31N9O5. The number of nitrogens with one attached hydrogen (secondary N) is 3. The van der Waals surface area contributed by atoms with Gasteiger partial charge < -0.3 is 15.5 Å². The molecule has 0 saturated carbocycles. The van der Waals surface area contributed by atoms with Crippen molar-refractivity contribution < 1.29 is 24.0 Å². The monoisotopic (exact) mass is 717 g/mol. The molecule has 266 valence electrons. The predicted octanol–water partition coefficient (Wildman–Crippen LogP) is 3.30. The van der Waals surface area contributed by atoms with Gasteiger partial charge in [-0.2, -0.15) is 5.10 Å². The highest BCUT2D eigenvalue weighted by Gasteiger charge is 2.39. The Morgan fingerprint density at radius 3 is 2.61 bits per heavy atom. The summed E-state index contributed by atoms with van der Waals surface area (Å²) in [6.45, 7) is 0.527. The van der Waals surface area contributed by atoms with E-state index >= 15 is 0 Å². The number of amides is 5. The van der Waals surface area contributed by atoms with E-state index in [-0.39, 0.29) is 48.8 Å². The molecule has 1 fully saturated rings. The number of fused-ring (bicyclic) bond motifs is 3. The van der Waals surface area contributed by atoms with E-state index in [0.29, 0.717) is 46.6 Å². The average Bonchev–Trinajstić information content (AvgIpc) is 3.78. The minimum absolute atomic E-state index is 0.188. The fraction of sp³-hybridized carbons (Fsp3) is 0.175. The Bertz CT molecular complexity index is 2600. The van der Waals surface area contributed by atoms with E-state index in [2.05, 4.69) is 42.9 Å². The lowest BCUT2D eigenvalue weighted by molar-refractivity contribution is -0.136. The molecule has 14 heteroatoms. The van der Waals surface area contributed by atoms with E-state index in [4.69, 9.17) is 4.98 Å². The van der Waals surface area contributed by atoms with E-state index in [1.54, 1.807) is 54.4 Å². The van der Waals surface area contributed by atoms with E-state index < -0.39 is 11.9 Å². The van der Waals surface area contributed by atoms with Crippen LogP contribution in [0.1, 0.15) is 61.6 Å². The number of carbonyl (C=O) groups is 5. The normalized spacial score (nSPS) is 15.1. The van der Waals surface area contributed by atoms with Crippen LogP contribution in [0, 0.1) is 11.8 Å². The summed E-state index contributed by atoms with van der Waals surface area (Å²) in [7, 11) is 1.56. The first-order chi connectivity index (χ1) is 26.3. The van der Waals surface area contributed by atoms with Crippen LogP contribution in [0.3, 0.4) is 0 Å². The lowest BCUT2D eigenvalue weighted by Gasteiger charge is -2.29. The molecule has 1 atom stereocenters. The number of rotatable bonds is 7. The molecule has 0 bridgehead atoms. The Balaban J connectivity index is 0.904. The van der Waals surface area contributed by atoms with Gasteiger partial charge in [0.15, 0.2) is 5.65 Å². The summed E-state index contributed by atoms with van der Waals surface area (Å²) in [6, 6.07) is 17.7. The standard InChI is InChI=1S/C40H31N9O5/c1-41-37(51)29-21-45-49-17-15-31(46-36(29)49)26-9-5-8-24-18-33(44-20-28(24)26)25-11-12-32(43-19-25)38(52)42-16-3-2-6-23-7-4-10-27-30(23)22-48(40(27)54)34-13-14-35(50)47-39(34)53/h4-5,7-12,15,17-21,34H,3,13-14,16,22H2,1H3,(H,41,51)(H,42,52)(H,47,50,53). The van der Waals surface area contributed by atoms with E-state index in [0.717, 1.165) is 27.5 Å². The first-order valence-corrected chi connectivity index (χ1v) is 17.2. The van der Waals surface area contributed by atoms with Crippen molar-refractivity contribution in [3.05, 3.63) is 113 Å². The van der Waals surface area contributed by atoms with Gasteiger partial charge in [0, 0.05) is 79.2 Å². The third-order valence-corrected chi connectivity index (χ3v) is 9.51. The smallest absolute Gasteiger partial charge is 0.269 e. The third-order valence-electron chi connectivity index (χ3n) is 9.51. The number of hydrogen-bond acceptors (Lipinski definition) is 9. The highest BCUT2D eigenvalue weighted by molar-refractivity contribution is 6.06. The molecule has 54 heavy (non-hydrogen) atoms. The molecule has 3 N–H and O–H groups in total. The molecule has 4 aromatic heterocycles. The Labute approximate surface area is 308 Å². The van der Waals surface area contributed by atoms with Gasteiger partial charge in [-0.15, -0.1) is 0 Å². The maximum atomic E-state index is 13.1. The van der Waals surface area contributed by atoms with Crippen molar-refractivity contribution in [1.29, 1.82) is 0 Å². The van der Waals surface area contributed by atoms with Gasteiger partial charge in [-0.05, 0) is 53.8 Å². The summed E-state index contributed by atoms with van der Waals surface area (Å²) in [4.78, 5) is 77.5. The molecule has 6 heterocycles. The number of nitrogens with zero attached hydrogens (tertiary/aromatic N) is 6. The number of carbonyl (C=O) groups excluding carboxylic acids is 5. The second-order valence-electron chi connectivity index (χ2n) is 12.8. The molecule has 1 saturated heterocycles. The SMILES string of the molecule is CNC(=O)c1cnn2ccc(-c3cccc4cc(-c5ccc(C(=O)NCCC#Cc6cccc7c6CN(C6CCC(=O)NC6=O)C7=O)nc5)ncc34)nc12. The van der Waals surface area contributed by atoms with Crippen molar-refractivity contribution in [3.8, 4) is 34.4 Å². The third kappa shape index (κ3) is 6.28. The van der Waals surface area contributed by atoms with Crippen LogP contribution in [0.4, 0.5) is 0 Å². The Morgan fingerprint density at radius 1 is 0.944 bits per heavy atom. The Hall–Kier alpha value is -7.27. The molecule has 0 spiro atoms. The van der Waals surface area contributed by atoms with Crippen molar-refractivity contribution in [1.82, 2.24) is 45.4 Å². The largest absolute Gasteiger partial charge is 0.355 e. The lowest BCUT2D eigenvalue weighted by Crippen LogP contribution is -2.52. The highest BCUT2D eigenvalue weighted by Crippen LogP contribution is 2.31. The van der Waals surface area contributed by atoms with Gasteiger partial charge in [0.1, 0.15) is 17.3 Å². The molecule has 14 nitrogen and oxygen atoms in total. The summed E-state index contributed by atoms with van der Waals surface area (Å²) < 4.78 is 1.56. The zero-order valence-corrected chi connectivity index (χ0v) is 28.9. The van der Waals surface area contributed by atoms with Crippen LogP contribution in [0.5, 0.6) is 0 Å².